The van der Waals surface area contributed by atoms with Crippen LogP contribution in [0.2, 0.25) is 0 Å². The summed E-state index contributed by atoms with van der Waals surface area (Å²) in [7, 11) is 0. The van der Waals surface area contributed by atoms with Gasteiger partial charge in [-0.2, -0.15) is 0 Å². The van der Waals surface area contributed by atoms with Gasteiger partial charge in [-0.05, 0) is 17.5 Å². The van der Waals surface area contributed by atoms with E-state index in [1.807, 2.05) is 38.1 Å². The van der Waals surface area contributed by atoms with E-state index in [0.717, 1.165) is 16.5 Å². The fraction of sp³-hybridized carbons (Fsp3) is 0.412. The number of aromatic amines is 1. The van der Waals surface area contributed by atoms with E-state index in [2.05, 4.69) is 4.98 Å². The highest BCUT2D eigenvalue weighted by Crippen LogP contribution is 2.38. The van der Waals surface area contributed by atoms with Gasteiger partial charge in [0, 0.05) is 23.5 Å². The minimum Gasteiger partial charge on any atom is -0.480 e. The molecule has 5 heteroatoms. The summed E-state index contributed by atoms with van der Waals surface area (Å²) >= 11 is 0. The van der Waals surface area contributed by atoms with Crippen LogP contribution in [0.5, 0.6) is 0 Å². The van der Waals surface area contributed by atoms with Crippen LogP contribution in [-0.2, 0) is 16.0 Å². The summed E-state index contributed by atoms with van der Waals surface area (Å²) in [6.45, 7) is 3.67. The van der Waals surface area contributed by atoms with Crippen LogP contribution in [0.4, 0.5) is 0 Å². The second-order valence-corrected chi connectivity index (χ2v) is 5.63. The zero-order valence-electron chi connectivity index (χ0n) is 12.8. The Morgan fingerprint density at radius 3 is 2.27 bits per heavy atom. The van der Waals surface area contributed by atoms with E-state index in [1.54, 1.807) is 6.20 Å². The third-order valence-electron chi connectivity index (χ3n) is 4.59. The maximum atomic E-state index is 11.9. The Morgan fingerprint density at radius 1 is 1.14 bits per heavy atom. The molecule has 1 heterocycles. The highest BCUT2D eigenvalue weighted by atomic mass is 16.4. The minimum atomic E-state index is -1.80. The van der Waals surface area contributed by atoms with Crippen molar-refractivity contribution in [1.82, 2.24) is 4.98 Å². The van der Waals surface area contributed by atoms with Gasteiger partial charge in [-0.1, -0.05) is 44.9 Å². The van der Waals surface area contributed by atoms with Crippen molar-refractivity contribution in [1.29, 1.82) is 0 Å². The minimum absolute atomic E-state index is 0.0198. The van der Waals surface area contributed by atoms with Crippen LogP contribution in [0.25, 0.3) is 10.9 Å². The van der Waals surface area contributed by atoms with Crippen LogP contribution in [0.1, 0.15) is 32.3 Å². The Labute approximate surface area is 129 Å². The quantitative estimate of drug-likeness (QED) is 0.684. The zero-order valence-corrected chi connectivity index (χ0v) is 12.8. The SMILES string of the molecule is CCC(CC)C(Cc1c[nH]c2ccccc12)(C(=O)O)C(=O)O. The molecule has 0 radical (unpaired) electrons. The van der Waals surface area contributed by atoms with Crippen molar-refractivity contribution in [2.45, 2.75) is 33.1 Å². The van der Waals surface area contributed by atoms with Crippen molar-refractivity contribution < 1.29 is 19.8 Å². The van der Waals surface area contributed by atoms with E-state index in [0.29, 0.717) is 12.8 Å². The van der Waals surface area contributed by atoms with Gasteiger partial charge in [0.25, 0.3) is 0 Å². The molecule has 2 rings (SSSR count). The second-order valence-electron chi connectivity index (χ2n) is 5.63. The van der Waals surface area contributed by atoms with E-state index < -0.39 is 23.3 Å². The number of benzene rings is 1. The molecule has 0 aliphatic carbocycles. The van der Waals surface area contributed by atoms with Gasteiger partial charge in [-0.3, -0.25) is 9.59 Å². The van der Waals surface area contributed by atoms with E-state index >= 15 is 0 Å². The largest absolute Gasteiger partial charge is 0.480 e. The van der Waals surface area contributed by atoms with Crippen LogP contribution in [0.15, 0.2) is 30.5 Å². The molecular formula is C17H21NO4. The van der Waals surface area contributed by atoms with Crippen molar-refractivity contribution >= 4 is 22.8 Å². The Hall–Kier alpha value is -2.30. The van der Waals surface area contributed by atoms with Gasteiger partial charge in [0.2, 0.25) is 0 Å². The number of para-hydroxylation sites is 1. The number of aliphatic carboxylic acids is 2. The molecule has 3 N–H and O–H groups in total. The van der Waals surface area contributed by atoms with Crippen LogP contribution in [0.3, 0.4) is 0 Å². The van der Waals surface area contributed by atoms with Crippen molar-refractivity contribution in [2.24, 2.45) is 11.3 Å². The first-order chi connectivity index (χ1) is 10.5. The molecule has 0 bridgehead atoms. The Bertz CT molecular complexity index is 671. The van der Waals surface area contributed by atoms with Crippen molar-refractivity contribution in [3.05, 3.63) is 36.0 Å². The maximum Gasteiger partial charge on any atom is 0.321 e. The smallest absolute Gasteiger partial charge is 0.321 e. The van der Waals surface area contributed by atoms with E-state index in [9.17, 15) is 19.8 Å². The predicted octanol–water partition coefficient (Wildman–Crippen LogP) is 3.30. The molecule has 0 unspecified atom stereocenters. The first-order valence-corrected chi connectivity index (χ1v) is 7.49. The Kier molecular flexibility index (Phi) is 4.54. The zero-order chi connectivity index (χ0) is 16.3. The molecule has 1 aromatic carbocycles. The number of nitrogens with one attached hydrogen (secondary N) is 1. The number of carbonyl (C=O) groups is 2. The first kappa shape index (κ1) is 16.1. The van der Waals surface area contributed by atoms with Gasteiger partial charge in [0.05, 0.1) is 0 Å². The van der Waals surface area contributed by atoms with Gasteiger partial charge in [-0.25, -0.2) is 0 Å². The summed E-state index contributed by atoms with van der Waals surface area (Å²) in [5.74, 6) is -2.95. The standard InChI is InChI=1S/C17H21NO4/c1-3-12(4-2)17(15(19)20,16(21)22)9-11-10-18-14-8-6-5-7-13(11)14/h5-8,10,12,18H,3-4,9H2,1-2H3,(H,19,20)(H,21,22). The fourth-order valence-corrected chi connectivity index (χ4v) is 3.30. The highest BCUT2D eigenvalue weighted by molar-refractivity contribution is 5.99. The summed E-state index contributed by atoms with van der Waals surface area (Å²) in [5.41, 5.74) is -0.187. The lowest BCUT2D eigenvalue weighted by Gasteiger charge is -2.32. The number of H-pyrrole nitrogens is 1. The van der Waals surface area contributed by atoms with Gasteiger partial charge in [0.15, 0.2) is 5.41 Å². The van der Waals surface area contributed by atoms with Crippen LogP contribution in [0, 0.1) is 11.3 Å². The summed E-state index contributed by atoms with van der Waals surface area (Å²) in [6.07, 6.45) is 2.72. The van der Waals surface area contributed by atoms with Crippen LogP contribution < -0.4 is 0 Å². The average Bonchev–Trinajstić information content (AvgIpc) is 2.89. The summed E-state index contributed by atoms with van der Waals surface area (Å²) < 4.78 is 0. The summed E-state index contributed by atoms with van der Waals surface area (Å²) in [4.78, 5) is 26.9. The number of carboxylic acid groups (broad SMARTS) is 2. The lowest BCUT2D eigenvalue weighted by atomic mass is 9.69. The van der Waals surface area contributed by atoms with Crippen molar-refractivity contribution in [2.75, 3.05) is 0 Å². The van der Waals surface area contributed by atoms with Crippen molar-refractivity contribution in [3.8, 4) is 0 Å². The molecule has 0 aliphatic heterocycles. The molecule has 0 saturated heterocycles. The molecular weight excluding hydrogens is 282 g/mol. The molecule has 0 atom stereocenters. The van der Waals surface area contributed by atoms with Crippen LogP contribution >= 0.6 is 0 Å². The van der Waals surface area contributed by atoms with Gasteiger partial charge >= 0.3 is 11.9 Å². The number of aromatic nitrogens is 1. The van der Waals surface area contributed by atoms with E-state index in [-0.39, 0.29) is 6.42 Å². The fourth-order valence-electron chi connectivity index (χ4n) is 3.30. The third kappa shape index (κ3) is 2.47. The predicted molar refractivity (Wildman–Crippen MR) is 83.8 cm³/mol. The number of fused-ring (bicyclic) bond motifs is 1. The number of rotatable bonds is 7. The lowest BCUT2D eigenvalue weighted by Crippen LogP contribution is -2.47. The summed E-state index contributed by atoms with van der Waals surface area (Å²) in [6, 6.07) is 7.51. The normalized spacial score (nSPS) is 12.0. The maximum absolute atomic E-state index is 11.9. The monoisotopic (exact) mass is 303 g/mol. The topological polar surface area (TPSA) is 90.4 Å². The molecule has 22 heavy (non-hydrogen) atoms. The summed E-state index contributed by atoms with van der Waals surface area (Å²) in [5, 5.41) is 20.3. The molecule has 0 spiro atoms. The van der Waals surface area contributed by atoms with Gasteiger partial charge in [0.1, 0.15) is 0 Å². The molecule has 0 aliphatic rings. The second kappa shape index (κ2) is 6.22. The number of hydrogen-bond acceptors (Lipinski definition) is 2. The Morgan fingerprint density at radius 2 is 1.73 bits per heavy atom. The van der Waals surface area contributed by atoms with Gasteiger partial charge < -0.3 is 15.2 Å². The van der Waals surface area contributed by atoms with E-state index in [4.69, 9.17) is 0 Å². The molecule has 5 nitrogen and oxygen atoms in total. The Balaban J connectivity index is 2.55. The third-order valence-corrected chi connectivity index (χ3v) is 4.59. The molecule has 0 amide bonds. The number of hydrogen-bond donors (Lipinski definition) is 3. The molecule has 0 fully saturated rings. The highest BCUT2D eigenvalue weighted by Gasteiger charge is 2.51. The first-order valence-electron chi connectivity index (χ1n) is 7.49. The number of carboxylic acids is 2. The van der Waals surface area contributed by atoms with Crippen LogP contribution in [-0.4, -0.2) is 27.1 Å². The molecule has 2 aromatic rings. The van der Waals surface area contributed by atoms with E-state index in [1.165, 1.54) is 0 Å². The van der Waals surface area contributed by atoms with Crippen molar-refractivity contribution in [3.63, 3.8) is 0 Å². The molecule has 118 valence electrons. The van der Waals surface area contributed by atoms with Gasteiger partial charge in [-0.15, -0.1) is 0 Å². The molecule has 0 saturated carbocycles. The average molecular weight is 303 g/mol. The molecule has 1 aromatic heterocycles. The lowest BCUT2D eigenvalue weighted by molar-refractivity contribution is -0.169.